The molecular weight excluding hydrogens is 407 g/mol. The Morgan fingerprint density at radius 3 is 2.27 bits per heavy atom. The Morgan fingerprint density at radius 1 is 1.17 bits per heavy atom. The van der Waals surface area contributed by atoms with Crippen LogP contribution in [-0.4, -0.2) is 42.8 Å². The van der Waals surface area contributed by atoms with E-state index in [1.807, 2.05) is 0 Å². The third-order valence-corrected chi connectivity index (χ3v) is 3.43. The summed E-state index contributed by atoms with van der Waals surface area (Å²) in [6.45, 7) is 6.29. The first-order chi connectivity index (χ1) is 13.8. The van der Waals surface area contributed by atoms with Gasteiger partial charge in [-0.1, -0.05) is 17.3 Å². The molecule has 0 saturated heterocycles. The van der Waals surface area contributed by atoms with Gasteiger partial charge in [0.2, 0.25) is 6.61 Å². The smallest absolute Gasteiger partial charge is 0.416 e. The van der Waals surface area contributed by atoms with Crippen LogP contribution in [0, 0.1) is 0 Å². The van der Waals surface area contributed by atoms with Crippen molar-refractivity contribution in [2.45, 2.75) is 51.9 Å². The number of alkyl carbamates (subject to hydrolysis) is 1. The average Bonchev–Trinajstić information content (AvgIpc) is 2.59. The van der Waals surface area contributed by atoms with Crippen LogP contribution in [0.5, 0.6) is 0 Å². The zero-order valence-corrected chi connectivity index (χ0v) is 17.2. The number of benzene rings is 1. The van der Waals surface area contributed by atoms with Crippen molar-refractivity contribution in [2.75, 3.05) is 13.2 Å². The summed E-state index contributed by atoms with van der Waals surface area (Å²) in [5.74, 6) is -0.863. The van der Waals surface area contributed by atoms with E-state index in [-0.39, 0.29) is 18.9 Å². The first kappa shape index (κ1) is 25.1. The van der Waals surface area contributed by atoms with E-state index < -0.39 is 42.1 Å². The zero-order valence-electron chi connectivity index (χ0n) is 17.2. The van der Waals surface area contributed by atoms with E-state index in [2.05, 4.69) is 15.2 Å². The molecule has 0 aliphatic heterocycles. The lowest BCUT2D eigenvalue weighted by atomic mass is 10.0. The number of nitrogens with one attached hydrogen (secondary N) is 1. The lowest BCUT2D eigenvalue weighted by molar-refractivity contribution is -0.148. The lowest BCUT2D eigenvalue weighted by Crippen LogP contribution is -2.47. The predicted octanol–water partition coefficient (Wildman–Crippen LogP) is 2.99. The van der Waals surface area contributed by atoms with Crippen LogP contribution in [0.4, 0.5) is 18.0 Å². The number of rotatable bonds is 8. The Kier molecular flexibility index (Phi) is 8.94. The number of ether oxygens (including phenoxy) is 2. The fraction of sp³-hybridized carbons (Fsp3) is 0.526. The first-order valence-electron chi connectivity index (χ1n) is 9.08. The fourth-order valence-electron chi connectivity index (χ4n) is 2.17. The zero-order chi connectivity index (χ0) is 22.9. The number of carbonyl (C=O) groups excluding carboxylic acids is 2. The molecule has 1 atom stereocenters. The molecule has 0 spiro atoms. The van der Waals surface area contributed by atoms with E-state index in [1.54, 1.807) is 27.7 Å². The molecule has 1 rings (SSSR count). The molecular formula is C19H26F3N3O5. The second kappa shape index (κ2) is 10.7. The number of hydrogen-bond acceptors (Lipinski definition) is 6. The van der Waals surface area contributed by atoms with Gasteiger partial charge >= 0.3 is 18.2 Å². The number of halogens is 3. The monoisotopic (exact) mass is 433 g/mol. The normalized spacial score (nSPS) is 13.4. The molecule has 30 heavy (non-hydrogen) atoms. The number of nitrogens with two attached hydrogens (primary N) is 1. The van der Waals surface area contributed by atoms with Gasteiger partial charge in [-0.05, 0) is 45.4 Å². The largest absolute Gasteiger partial charge is 0.463 e. The highest BCUT2D eigenvalue weighted by atomic mass is 19.4. The SMILES string of the molecule is CCOC(=O)CO/N=C(/N)[C@H](Cc1ccc(C(F)(F)F)cc1)NC(=O)OC(C)(C)C. The van der Waals surface area contributed by atoms with Gasteiger partial charge < -0.3 is 25.4 Å². The molecule has 1 amide bonds. The van der Waals surface area contributed by atoms with Gasteiger partial charge in [-0.2, -0.15) is 13.2 Å². The molecule has 0 radical (unpaired) electrons. The van der Waals surface area contributed by atoms with Crippen molar-refractivity contribution in [3.63, 3.8) is 0 Å². The van der Waals surface area contributed by atoms with Crippen molar-refractivity contribution >= 4 is 17.9 Å². The van der Waals surface area contributed by atoms with E-state index >= 15 is 0 Å². The number of amides is 1. The fourth-order valence-corrected chi connectivity index (χ4v) is 2.17. The van der Waals surface area contributed by atoms with Crippen molar-refractivity contribution in [2.24, 2.45) is 10.9 Å². The lowest BCUT2D eigenvalue weighted by Gasteiger charge is -2.23. The van der Waals surface area contributed by atoms with Gasteiger partial charge in [-0.25, -0.2) is 9.59 Å². The molecule has 0 aromatic heterocycles. The third-order valence-electron chi connectivity index (χ3n) is 3.43. The molecule has 168 valence electrons. The number of esters is 1. The Labute approximate surface area is 172 Å². The van der Waals surface area contributed by atoms with E-state index in [9.17, 15) is 22.8 Å². The summed E-state index contributed by atoms with van der Waals surface area (Å²) in [6, 6.07) is 3.41. The highest BCUT2D eigenvalue weighted by Gasteiger charge is 2.30. The minimum Gasteiger partial charge on any atom is -0.463 e. The van der Waals surface area contributed by atoms with Crippen LogP contribution in [0.2, 0.25) is 0 Å². The maximum Gasteiger partial charge on any atom is 0.416 e. The Morgan fingerprint density at radius 2 is 1.77 bits per heavy atom. The summed E-state index contributed by atoms with van der Waals surface area (Å²) in [5.41, 5.74) is 4.73. The van der Waals surface area contributed by atoms with Gasteiger partial charge in [0.05, 0.1) is 18.2 Å². The van der Waals surface area contributed by atoms with Crippen LogP contribution in [0.3, 0.4) is 0 Å². The van der Waals surface area contributed by atoms with Crippen LogP contribution < -0.4 is 11.1 Å². The van der Waals surface area contributed by atoms with Crippen LogP contribution in [-0.2, 0) is 31.7 Å². The maximum atomic E-state index is 12.7. The standard InChI is InChI=1S/C19H26F3N3O5/c1-5-28-15(26)11-29-25-16(23)14(24-17(27)30-18(2,3)4)10-12-6-8-13(9-7-12)19(20,21)22/h6-9,14H,5,10-11H2,1-4H3,(H2,23,25)(H,24,27)/t14-/m0/s1. The molecule has 0 aliphatic carbocycles. The highest BCUT2D eigenvalue weighted by Crippen LogP contribution is 2.29. The summed E-state index contributed by atoms with van der Waals surface area (Å²) in [6.07, 6.45) is -5.26. The van der Waals surface area contributed by atoms with E-state index in [4.69, 9.17) is 15.3 Å². The third kappa shape index (κ3) is 9.48. The first-order valence-corrected chi connectivity index (χ1v) is 9.08. The van der Waals surface area contributed by atoms with Gasteiger partial charge in [0.1, 0.15) is 5.60 Å². The van der Waals surface area contributed by atoms with Crippen molar-refractivity contribution < 1.29 is 37.1 Å². The summed E-state index contributed by atoms with van der Waals surface area (Å²) in [5, 5.41) is 6.09. The average molecular weight is 433 g/mol. The topological polar surface area (TPSA) is 112 Å². The second-order valence-electron chi connectivity index (χ2n) is 7.19. The minimum absolute atomic E-state index is 0.00940. The molecule has 0 fully saturated rings. The number of alkyl halides is 3. The molecule has 3 N–H and O–H groups in total. The molecule has 0 unspecified atom stereocenters. The van der Waals surface area contributed by atoms with E-state index in [0.29, 0.717) is 5.56 Å². The Balaban J connectivity index is 2.93. The number of carbonyl (C=O) groups is 2. The van der Waals surface area contributed by atoms with Gasteiger partial charge in [0.25, 0.3) is 0 Å². The number of nitrogens with zero attached hydrogens (tertiary/aromatic N) is 1. The summed E-state index contributed by atoms with van der Waals surface area (Å²) in [7, 11) is 0. The predicted molar refractivity (Wildman–Crippen MR) is 103 cm³/mol. The van der Waals surface area contributed by atoms with Crippen molar-refractivity contribution in [1.82, 2.24) is 5.32 Å². The highest BCUT2D eigenvalue weighted by molar-refractivity contribution is 5.88. The molecule has 0 heterocycles. The van der Waals surface area contributed by atoms with Crippen LogP contribution in [0.15, 0.2) is 29.4 Å². The van der Waals surface area contributed by atoms with Gasteiger partial charge in [0, 0.05) is 6.42 Å². The van der Waals surface area contributed by atoms with E-state index in [1.165, 1.54) is 12.1 Å². The summed E-state index contributed by atoms with van der Waals surface area (Å²) >= 11 is 0. The molecule has 0 aliphatic rings. The van der Waals surface area contributed by atoms with Crippen LogP contribution in [0.25, 0.3) is 0 Å². The van der Waals surface area contributed by atoms with Gasteiger partial charge in [-0.15, -0.1) is 0 Å². The van der Waals surface area contributed by atoms with Crippen LogP contribution in [0.1, 0.15) is 38.8 Å². The maximum absolute atomic E-state index is 12.7. The number of amidine groups is 1. The van der Waals surface area contributed by atoms with Crippen molar-refractivity contribution in [3.8, 4) is 0 Å². The van der Waals surface area contributed by atoms with Crippen LogP contribution >= 0.6 is 0 Å². The van der Waals surface area contributed by atoms with Crippen molar-refractivity contribution in [1.29, 1.82) is 0 Å². The summed E-state index contributed by atoms with van der Waals surface area (Å²) < 4.78 is 48.0. The Bertz CT molecular complexity index is 743. The molecule has 11 heteroatoms. The number of oxime groups is 1. The molecule has 0 saturated carbocycles. The van der Waals surface area contributed by atoms with Crippen molar-refractivity contribution in [3.05, 3.63) is 35.4 Å². The van der Waals surface area contributed by atoms with E-state index in [0.717, 1.165) is 12.1 Å². The second-order valence-corrected chi connectivity index (χ2v) is 7.19. The van der Waals surface area contributed by atoms with Gasteiger partial charge in [0.15, 0.2) is 5.84 Å². The molecule has 0 bridgehead atoms. The molecule has 8 nitrogen and oxygen atoms in total. The quantitative estimate of drug-likeness (QED) is 0.282. The number of hydrogen-bond donors (Lipinski definition) is 2. The molecule has 1 aromatic rings. The minimum atomic E-state index is -4.46. The van der Waals surface area contributed by atoms with Gasteiger partial charge in [-0.3, -0.25) is 0 Å². The molecule has 1 aromatic carbocycles. The Hall–Kier alpha value is -2.98. The summed E-state index contributed by atoms with van der Waals surface area (Å²) in [4.78, 5) is 28.2.